The maximum absolute atomic E-state index is 14.0. The number of anilines is 1. The van der Waals surface area contributed by atoms with E-state index in [0.717, 1.165) is 40.6 Å². The van der Waals surface area contributed by atoms with Gasteiger partial charge in [0.25, 0.3) is 10.0 Å². The first-order valence-corrected chi connectivity index (χ1v) is 15.2. The Hall–Kier alpha value is -3.92. The molecule has 0 aliphatic rings. The van der Waals surface area contributed by atoms with E-state index >= 15 is 0 Å². The van der Waals surface area contributed by atoms with Gasteiger partial charge in [-0.05, 0) is 80.8 Å². The molecule has 3 aromatic carbocycles. The van der Waals surface area contributed by atoms with E-state index in [1.807, 2.05) is 58.0 Å². The molecule has 220 valence electrons. The van der Waals surface area contributed by atoms with Crippen LogP contribution in [0.3, 0.4) is 0 Å². The molecule has 0 saturated heterocycles. The van der Waals surface area contributed by atoms with Crippen molar-refractivity contribution in [1.29, 1.82) is 0 Å². The molecular formula is C31H38FN3O5S. The number of nitrogens with one attached hydrogen (secondary N) is 1. The highest BCUT2D eigenvalue weighted by atomic mass is 32.2. The molecule has 41 heavy (non-hydrogen) atoms. The first-order valence-electron chi connectivity index (χ1n) is 13.8. The van der Waals surface area contributed by atoms with Crippen LogP contribution < -0.4 is 14.4 Å². The minimum Gasteiger partial charge on any atom is -0.494 e. The SMILES string of the molecule is CCOc1ccc(N(CC(=O)N(Cc2ccccc2)[C@H](CC)C(=O)N[C@@H](C)CC)S(=O)(=O)c2ccc(F)cc2)cc1. The Labute approximate surface area is 242 Å². The smallest absolute Gasteiger partial charge is 0.264 e. The summed E-state index contributed by atoms with van der Waals surface area (Å²) in [5, 5.41) is 2.95. The average Bonchev–Trinajstić information content (AvgIpc) is 2.97. The Morgan fingerprint density at radius 3 is 2.10 bits per heavy atom. The Balaban J connectivity index is 2.04. The van der Waals surface area contributed by atoms with Crippen molar-refractivity contribution >= 4 is 27.5 Å². The fourth-order valence-electron chi connectivity index (χ4n) is 4.28. The average molecular weight is 584 g/mol. The van der Waals surface area contributed by atoms with Crippen molar-refractivity contribution < 1.29 is 27.1 Å². The normalized spacial score (nSPS) is 12.7. The molecule has 8 nitrogen and oxygen atoms in total. The van der Waals surface area contributed by atoms with Gasteiger partial charge in [-0.1, -0.05) is 44.2 Å². The van der Waals surface area contributed by atoms with Gasteiger partial charge in [-0.15, -0.1) is 0 Å². The highest BCUT2D eigenvalue weighted by Crippen LogP contribution is 2.27. The molecular weight excluding hydrogens is 545 g/mol. The van der Waals surface area contributed by atoms with Crippen LogP contribution in [-0.2, 0) is 26.2 Å². The highest BCUT2D eigenvalue weighted by Gasteiger charge is 2.34. The van der Waals surface area contributed by atoms with Crippen LogP contribution in [0.5, 0.6) is 5.75 Å². The van der Waals surface area contributed by atoms with E-state index < -0.39 is 34.3 Å². The minimum atomic E-state index is -4.30. The predicted molar refractivity (Wildman–Crippen MR) is 158 cm³/mol. The third-order valence-corrected chi connectivity index (χ3v) is 8.49. The predicted octanol–water partition coefficient (Wildman–Crippen LogP) is 5.14. The van der Waals surface area contributed by atoms with E-state index in [9.17, 15) is 22.4 Å². The molecule has 10 heteroatoms. The summed E-state index contributed by atoms with van der Waals surface area (Å²) in [6.07, 6.45) is 1.05. The van der Waals surface area contributed by atoms with Crippen molar-refractivity contribution in [1.82, 2.24) is 10.2 Å². The Morgan fingerprint density at radius 1 is 0.902 bits per heavy atom. The second-order valence-electron chi connectivity index (χ2n) is 9.64. The number of benzene rings is 3. The molecule has 0 saturated carbocycles. The number of nitrogens with zero attached hydrogens (tertiary/aromatic N) is 2. The van der Waals surface area contributed by atoms with Crippen molar-refractivity contribution in [3.8, 4) is 5.75 Å². The molecule has 0 unspecified atom stereocenters. The van der Waals surface area contributed by atoms with Gasteiger partial charge in [0.1, 0.15) is 24.2 Å². The number of rotatable bonds is 14. The molecule has 2 atom stereocenters. The summed E-state index contributed by atoms with van der Waals surface area (Å²) < 4.78 is 47.8. The number of carbonyl (C=O) groups excluding carboxylic acids is 2. The first-order chi connectivity index (χ1) is 19.6. The van der Waals surface area contributed by atoms with Gasteiger partial charge < -0.3 is 15.0 Å². The summed E-state index contributed by atoms with van der Waals surface area (Å²) >= 11 is 0. The van der Waals surface area contributed by atoms with Crippen LogP contribution in [0.1, 0.15) is 46.1 Å². The van der Waals surface area contributed by atoms with Gasteiger partial charge in [0.05, 0.1) is 17.2 Å². The number of hydrogen-bond acceptors (Lipinski definition) is 5. The van der Waals surface area contributed by atoms with Crippen molar-refractivity contribution in [3.05, 3.63) is 90.2 Å². The lowest BCUT2D eigenvalue weighted by Gasteiger charge is -2.33. The zero-order valence-electron chi connectivity index (χ0n) is 23.9. The van der Waals surface area contributed by atoms with Crippen molar-refractivity contribution in [2.45, 2.75) is 64.1 Å². The van der Waals surface area contributed by atoms with Crippen LogP contribution in [0.2, 0.25) is 0 Å². The molecule has 0 fully saturated rings. The van der Waals surface area contributed by atoms with E-state index in [4.69, 9.17) is 4.74 Å². The van der Waals surface area contributed by atoms with Crippen molar-refractivity contribution in [2.75, 3.05) is 17.5 Å². The van der Waals surface area contributed by atoms with Crippen LogP contribution in [0.4, 0.5) is 10.1 Å². The molecule has 0 bridgehead atoms. The van der Waals surface area contributed by atoms with E-state index in [0.29, 0.717) is 18.8 Å². The summed E-state index contributed by atoms with van der Waals surface area (Å²) in [4.78, 5) is 28.6. The first kappa shape index (κ1) is 31.6. The molecule has 2 amide bonds. The van der Waals surface area contributed by atoms with Gasteiger partial charge >= 0.3 is 0 Å². The summed E-state index contributed by atoms with van der Waals surface area (Å²) in [6, 6.07) is 19.1. The second-order valence-corrected chi connectivity index (χ2v) is 11.5. The lowest BCUT2D eigenvalue weighted by molar-refractivity contribution is -0.140. The van der Waals surface area contributed by atoms with E-state index in [-0.39, 0.29) is 29.1 Å². The summed E-state index contributed by atoms with van der Waals surface area (Å²) in [7, 11) is -4.30. The summed E-state index contributed by atoms with van der Waals surface area (Å²) in [5.41, 5.74) is 1.02. The Kier molecular flexibility index (Phi) is 11.3. The van der Waals surface area contributed by atoms with Gasteiger partial charge in [-0.25, -0.2) is 12.8 Å². The fourth-order valence-corrected chi connectivity index (χ4v) is 5.69. The van der Waals surface area contributed by atoms with Gasteiger partial charge in [0, 0.05) is 12.6 Å². The number of sulfonamides is 1. The van der Waals surface area contributed by atoms with Crippen LogP contribution in [-0.4, -0.2) is 50.4 Å². The maximum atomic E-state index is 14.0. The largest absolute Gasteiger partial charge is 0.494 e. The summed E-state index contributed by atoms with van der Waals surface area (Å²) in [5.74, 6) is -0.903. The fraction of sp³-hybridized carbons (Fsp3) is 0.355. The molecule has 0 aromatic heterocycles. The molecule has 0 radical (unpaired) electrons. The second kappa shape index (κ2) is 14.6. The number of carbonyl (C=O) groups is 2. The maximum Gasteiger partial charge on any atom is 0.264 e. The number of hydrogen-bond donors (Lipinski definition) is 1. The number of amides is 2. The van der Waals surface area contributed by atoms with Crippen LogP contribution in [0.25, 0.3) is 0 Å². The van der Waals surface area contributed by atoms with Gasteiger partial charge in [0.15, 0.2) is 0 Å². The number of ether oxygens (including phenoxy) is 1. The number of halogens is 1. The zero-order chi connectivity index (χ0) is 30.0. The molecule has 3 aromatic rings. The zero-order valence-corrected chi connectivity index (χ0v) is 24.7. The van der Waals surface area contributed by atoms with E-state index in [1.54, 1.807) is 24.3 Å². The highest BCUT2D eigenvalue weighted by molar-refractivity contribution is 7.92. The van der Waals surface area contributed by atoms with Crippen molar-refractivity contribution in [2.24, 2.45) is 0 Å². The Bertz CT molecular complexity index is 1380. The third-order valence-electron chi connectivity index (χ3n) is 6.70. The third kappa shape index (κ3) is 8.29. The van der Waals surface area contributed by atoms with Crippen molar-refractivity contribution in [3.63, 3.8) is 0 Å². The van der Waals surface area contributed by atoms with Gasteiger partial charge in [0.2, 0.25) is 11.8 Å². The quantitative estimate of drug-likeness (QED) is 0.284. The van der Waals surface area contributed by atoms with E-state index in [1.165, 1.54) is 4.90 Å². The lowest BCUT2D eigenvalue weighted by atomic mass is 10.1. The van der Waals surface area contributed by atoms with Crippen LogP contribution in [0.15, 0.2) is 83.8 Å². The van der Waals surface area contributed by atoms with Gasteiger partial charge in [-0.2, -0.15) is 0 Å². The monoisotopic (exact) mass is 583 g/mol. The molecule has 0 aliphatic heterocycles. The van der Waals surface area contributed by atoms with Crippen LogP contribution in [0, 0.1) is 5.82 Å². The molecule has 0 spiro atoms. The molecule has 1 N–H and O–H groups in total. The Morgan fingerprint density at radius 2 is 1.54 bits per heavy atom. The standard InChI is InChI=1S/C31H38FN3O5S/c1-5-23(4)33-31(37)29(6-2)34(21-24-11-9-8-10-12-24)30(36)22-35(26-15-17-27(18-16-26)40-7-3)41(38,39)28-19-13-25(32)14-20-28/h8-20,23,29H,5-7,21-22H2,1-4H3,(H,33,37)/t23-,29+/m0/s1. The molecule has 3 rings (SSSR count). The van der Waals surface area contributed by atoms with Crippen LogP contribution >= 0.6 is 0 Å². The minimum absolute atomic E-state index is 0.0931. The molecule has 0 aliphatic carbocycles. The topological polar surface area (TPSA) is 96.0 Å². The summed E-state index contributed by atoms with van der Waals surface area (Å²) in [6.45, 7) is 7.45. The molecule has 0 heterocycles. The van der Waals surface area contributed by atoms with Gasteiger partial charge in [-0.3, -0.25) is 13.9 Å². The lowest BCUT2D eigenvalue weighted by Crippen LogP contribution is -2.53. The van der Waals surface area contributed by atoms with E-state index in [2.05, 4.69) is 5.32 Å².